The van der Waals surface area contributed by atoms with Gasteiger partial charge in [-0.1, -0.05) is 12.6 Å². The van der Waals surface area contributed by atoms with E-state index in [9.17, 15) is 14.0 Å². The molecule has 0 aromatic heterocycles. The van der Waals surface area contributed by atoms with Gasteiger partial charge in [-0.3, -0.25) is 4.79 Å². The van der Waals surface area contributed by atoms with Crippen LogP contribution in [-0.4, -0.2) is 51.0 Å². The lowest BCUT2D eigenvalue weighted by atomic mass is 10.2. The van der Waals surface area contributed by atoms with Gasteiger partial charge in [0.25, 0.3) is 0 Å². The van der Waals surface area contributed by atoms with Crippen molar-refractivity contribution in [3.8, 4) is 5.75 Å². The first-order valence-corrected chi connectivity index (χ1v) is 8.23. The smallest absolute Gasteiger partial charge is 0.407 e. The van der Waals surface area contributed by atoms with Crippen LogP contribution in [0.15, 0.2) is 30.9 Å². The number of amides is 2. The Labute approximate surface area is 152 Å². The van der Waals surface area contributed by atoms with Gasteiger partial charge in [0.2, 0.25) is 5.91 Å². The molecule has 26 heavy (non-hydrogen) atoms. The van der Waals surface area contributed by atoms with Crippen molar-refractivity contribution in [2.45, 2.75) is 20.0 Å². The molecule has 0 heterocycles. The molecule has 1 rings (SSSR count). The SMILES string of the molecule is C=CC(=O)NCC(C)OC(=O)NCCOCCOc1cc(F)ccc1C. The number of hydrogen-bond acceptors (Lipinski definition) is 5. The van der Waals surface area contributed by atoms with Gasteiger partial charge in [0, 0.05) is 12.6 Å². The standard InChI is InChI=1S/C18H25FN2O5/c1-4-17(22)21-12-14(3)26-18(23)20-7-8-24-9-10-25-16-11-15(19)6-5-13(16)2/h4-6,11,14H,1,7-10,12H2,2-3H3,(H,20,23)(H,21,22). The second-order valence-corrected chi connectivity index (χ2v) is 5.46. The van der Waals surface area contributed by atoms with Crippen LogP contribution in [0.5, 0.6) is 5.75 Å². The number of aryl methyl sites for hydroxylation is 1. The third kappa shape index (κ3) is 9.03. The van der Waals surface area contributed by atoms with Crippen LogP contribution in [0.2, 0.25) is 0 Å². The van der Waals surface area contributed by atoms with Gasteiger partial charge in [0.1, 0.15) is 24.3 Å². The van der Waals surface area contributed by atoms with Crippen molar-refractivity contribution in [2.75, 3.05) is 32.9 Å². The fourth-order valence-corrected chi connectivity index (χ4v) is 1.85. The maximum absolute atomic E-state index is 13.1. The van der Waals surface area contributed by atoms with E-state index in [2.05, 4.69) is 17.2 Å². The lowest BCUT2D eigenvalue weighted by molar-refractivity contribution is -0.116. The van der Waals surface area contributed by atoms with E-state index in [4.69, 9.17) is 14.2 Å². The second kappa shape index (κ2) is 11.9. The minimum Gasteiger partial charge on any atom is -0.491 e. The summed E-state index contributed by atoms with van der Waals surface area (Å²) in [4.78, 5) is 22.5. The Morgan fingerprint density at radius 3 is 2.77 bits per heavy atom. The number of rotatable bonds is 11. The molecule has 7 nitrogen and oxygen atoms in total. The molecule has 1 atom stereocenters. The fourth-order valence-electron chi connectivity index (χ4n) is 1.85. The van der Waals surface area contributed by atoms with Crippen LogP contribution >= 0.6 is 0 Å². The highest BCUT2D eigenvalue weighted by atomic mass is 19.1. The van der Waals surface area contributed by atoms with Crippen molar-refractivity contribution in [1.29, 1.82) is 0 Å². The summed E-state index contributed by atoms with van der Waals surface area (Å²) < 4.78 is 28.9. The molecule has 2 amide bonds. The average Bonchev–Trinajstić information content (AvgIpc) is 2.61. The van der Waals surface area contributed by atoms with Crippen molar-refractivity contribution in [2.24, 2.45) is 0 Å². The summed E-state index contributed by atoms with van der Waals surface area (Å²) >= 11 is 0. The van der Waals surface area contributed by atoms with Gasteiger partial charge >= 0.3 is 6.09 Å². The van der Waals surface area contributed by atoms with Gasteiger partial charge in [0.05, 0.1) is 19.8 Å². The molecular formula is C18H25FN2O5. The molecular weight excluding hydrogens is 343 g/mol. The first-order valence-electron chi connectivity index (χ1n) is 8.23. The first-order chi connectivity index (χ1) is 12.4. The van der Waals surface area contributed by atoms with Gasteiger partial charge in [-0.2, -0.15) is 0 Å². The zero-order chi connectivity index (χ0) is 19.4. The van der Waals surface area contributed by atoms with Gasteiger partial charge in [-0.15, -0.1) is 0 Å². The van der Waals surface area contributed by atoms with E-state index in [-0.39, 0.29) is 38.0 Å². The van der Waals surface area contributed by atoms with E-state index >= 15 is 0 Å². The van der Waals surface area contributed by atoms with Crippen molar-refractivity contribution in [1.82, 2.24) is 10.6 Å². The molecule has 1 aromatic carbocycles. The Kier molecular flexibility index (Phi) is 9.78. The second-order valence-electron chi connectivity index (χ2n) is 5.46. The summed E-state index contributed by atoms with van der Waals surface area (Å²) in [7, 11) is 0. The van der Waals surface area contributed by atoms with Crippen molar-refractivity contribution in [3.05, 3.63) is 42.2 Å². The zero-order valence-corrected chi connectivity index (χ0v) is 15.0. The van der Waals surface area contributed by atoms with Crippen LogP contribution in [0, 0.1) is 12.7 Å². The van der Waals surface area contributed by atoms with Crippen LogP contribution in [0.25, 0.3) is 0 Å². The van der Waals surface area contributed by atoms with E-state index in [0.717, 1.165) is 11.6 Å². The largest absolute Gasteiger partial charge is 0.491 e. The monoisotopic (exact) mass is 368 g/mol. The molecule has 0 spiro atoms. The van der Waals surface area contributed by atoms with E-state index in [1.54, 1.807) is 13.0 Å². The Morgan fingerprint density at radius 2 is 2.04 bits per heavy atom. The first kappa shape index (κ1) is 21.4. The van der Waals surface area contributed by atoms with Crippen LogP contribution in [-0.2, 0) is 14.3 Å². The maximum atomic E-state index is 13.1. The predicted molar refractivity (Wildman–Crippen MR) is 94.6 cm³/mol. The third-order valence-corrected chi connectivity index (χ3v) is 3.21. The van der Waals surface area contributed by atoms with E-state index < -0.39 is 12.2 Å². The molecule has 1 aromatic rings. The summed E-state index contributed by atoms with van der Waals surface area (Å²) in [5, 5.41) is 5.06. The third-order valence-electron chi connectivity index (χ3n) is 3.21. The lowest BCUT2D eigenvalue weighted by Crippen LogP contribution is -2.36. The summed E-state index contributed by atoms with van der Waals surface area (Å²) in [5.41, 5.74) is 0.842. The maximum Gasteiger partial charge on any atom is 0.407 e. The molecule has 0 saturated carbocycles. The molecule has 0 saturated heterocycles. The topological polar surface area (TPSA) is 85.9 Å². The van der Waals surface area contributed by atoms with Crippen LogP contribution in [0.1, 0.15) is 12.5 Å². The number of hydrogen-bond donors (Lipinski definition) is 2. The Balaban J connectivity index is 2.06. The predicted octanol–water partition coefficient (Wildman–Crippen LogP) is 1.95. The zero-order valence-electron chi connectivity index (χ0n) is 15.0. The minimum atomic E-state index is -0.597. The summed E-state index contributed by atoms with van der Waals surface area (Å²) in [6, 6.07) is 4.34. The normalized spacial score (nSPS) is 11.3. The summed E-state index contributed by atoms with van der Waals surface area (Å²) in [5.74, 6) is -0.203. The molecule has 0 aliphatic carbocycles. The van der Waals surface area contributed by atoms with Crippen LogP contribution in [0.3, 0.4) is 0 Å². The summed E-state index contributed by atoms with van der Waals surface area (Å²) in [6.45, 7) is 8.13. The Hall–Kier alpha value is -2.61. The number of carbonyl (C=O) groups excluding carboxylic acids is 2. The van der Waals surface area contributed by atoms with E-state index in [1.807, 2.05) is 6.92 Å². The minimum absolute atomic E-state index is 0.200. The van der Waals surface area contributed by atoms with Gasteiger partial charge < -0.3 is 24.8 Å². The highest BCUT2D eigenvalue weighted by molar-refractivity contribution is 5.86. The molecule has 1 unspecified atom stereocenters. The fraction of sp³-hybridized carbons (Fsp3) is 0.444. The molecule has 8 heteroatoms. The molecule has 0 fully saturated rings. The number of halogens is 1. The Bertz CT molecular complexity index is 609. The van der Waals surface area contributed by atoms with Gasteiger partial charge in [0.15, 0.2) is 0 Å². The van der Waals surface area contributed by atoms with E-state index in [0.29, 0.717) is 12.4 Å². The highest BCUT2D eigenvalue weighted by Gasteiger charge is 2.09. The van der Waals surface area contributed by atoms with Crippen molar-refractivity contribution >= 4 is 12.0 Å². The van der Waals surface area contributed by atoms with Crippen LogP contribution in [0.4, 0.5) is 9.18 Å². The number of nitrogens with one attached hydrogen (secondary N) is 2. The molecule has 144 valence electrons. The van der Waals surface area contributed by atoms with E-state index in [1.165, 1.54) is 12.1 Å². The number of benzene rings is 1. The van der Waals surface area contributed by atoms with Crippen LogP contribution < -0.4 is 15.4 Å². The summed E-state index contributed by atoms with van der Waals surface area (Å²) in [6.07, 6.45) is 0.0759. The average molecular weight is 368 g/mol. The van der Waals surface area contributed by atoms with Crippen molar-refractivity contribution in [3.63, 3.8) is 0 Å². The lowest BCUT2D eigenvalue weighted by Gasteiger charge is -2.14. The van der Waals surface area contributed by atoms with Gasteiger partial charge in [-0.25, -0.2) is 9.18 Å². The van der Waals surface area contributed by atoms with Gasteiger partial charge in [-0.05, 0) is 31.6 Å². The Morgan fingerprint density at radius 1 is 1.27 bits per heavy atom. The molecule has 0 bridgehead atoms. The number of carbonyl (C=O) groups is 2. The van der Waals surface area contributed by atoms with Crippen molar-refractivity contribution < 1.29 is 28.2 Å². The molecule has 0 radical (unpaired) electrons. The highest BCUT2D eigenvalue weighted by Crippen LogP contribution is 2.18. The molecule has 0 aliphatic rings. The molecule has 2 N–H and O–H groups in total. The molecule has 0 aliphatic heterocycles. The quantitative estimate of drug-likeness (QED) is 0.461. The number of alkyl carbamates (subject to hydrolysis) is 1. The number of ether oxygens (including phenoxy) is 3.